The molecule has 3 atom stereocenters. The third kappa shape index (κ3) is 5.59. The molecular formula is C11H24O. The van der Waals surface area contributed by atoms with Crippen LogP contribution in [0.4, 0.5) is 0 Å². The Bertz CT molecular complexity index is 89.2. The van der Waals surface area contributed by atoms with E-state index < -0.39 is 0 Å². The second kappa shape index (κ2) is 6.47. The molecule has 74 valence electrons. The molecular weight excluding hydrogens is 148 g/mol. The summed E-state index contributed by atoms with van der Waals surface area (Å²) < 4.78 is 0. The van der Waals surface area contributed by atoms with Crippen molar-refractivity contribution in [3.8, 4) is 0 Å². The van der Waals surface area contributed by atoms with Crippen LogP contribution in [0.1, 0.15) is 47.0 Å². The lowest BCUT2D eigenvalue weighted by Crippen LogP contribution is -2.09. The minimum Gasteiger partial charge on any atom is -0.396 e. The van der Waals surface area contributed by atoms with Gasteiger partial charge >= 0.3 is 0 Å². The third-order valence-electron chi connectivity index (χ3n) is 2.62. The van der Waals surface area contributed by atoms with Crippen LogP contribution in [0.15, 0.2) is 0 Å². The molecule has 1 N–H and O–H groups in total. The molecule has 1 nitrogen and oxygen atoms in total. The Morgan fingerprint density at radius 3 is 1.83 bits per heavy atom. The van der Waals surface area contributed by atoms with Gasteiger partial charge in [0.1, 0.15) is 0 Å². The van der Waals surface area contributed by atoms with Crippen LogP contribution in [0, 0.1) is 17.8 Å². The monoisotopic (exact) mass is 172 g/mol. The van der Waals surface area contributed by atoms with Crippen molar-refractivity contribution in [2.45, 2.75) is 47.0 Å². The molecule has 0 bridgehead atoms. The van der Waals surface area contributed by atoms with Crippen LogP contribution in [-0.4, -0.2) is 11.7 Å². The van der Waals surface area contributed by atoms with Gasteiger partial charge in [-0.15, -0.1) is 0 Å². The zero-order valence-corrected chi connectivity index (χ0v) is 9.01. The zero-order valence-electron chi connectivity index (χ0n) is 9.01. The van der Waals surface area contributed by atoms with Crippen molar-refractivity contribution in [2.75, 3.05) is 6.61 Å². The first kappa shape index (κ1) is 12.0. The van der Waals surface area contributed by atoms with Crippen LogP contribution in [0.2, 0.25) is 0 Å². The molecule has 0 saturated heterocycles. The highest BCUT2D eigenvalue weighted by atomic mass is 16.3. The summed E-state index contributed by atoms with van der Waals surface area (Å²) in [5.41, 5.74) is 0. The van der Waals surface area contributed by atoms with Gasteiger partial charge in [-0.25, -0.2) is 0 Å². The highest BCUT2D eigenvalue weighted by Crippen LogP contribution is 2.20. The van der Waals surface area contributed by atoms with E-state index in [1.54, 1.807) is 0 Å². The molecule has 0 heterocycles. The minimum absolute atomic E-state index is 0.338. The Hall–Kier alpha value is -0.0400. The summed E-state index contributed by atoms with van der Waals surface area (Å²) >= 11 is 0. The van der Waals surface area contributed by atoms with Crippen molar-refractivity contribution in [1.82, 2.24) is 0 Å². The van der Waals surface area contributed by atoms with Crippen molar-refractivity contribution >= 4 is 0 Å². The van der Waals surface area contributed by atoms with E-state index in [1.807, 2.05) is 0 Å². The number of aliphatic hydroxyl groups excluding tert-OH is 1. The summed E-state index contributed by atoms with van der Waals surface area (Å²) in [5, 5.41) is 8.87. The smallest absolute Gasteiger partial charge is 0.0456 e. The van der Waals surface area contributed by atoms with E-state index in [9.17, 15) is 0 Å². The minimum atomic E-state index is 0.338. The van der Waals surface area contributed by atoms with Crippen molar-refractivity contribution in [1.29, 1.82) is 0 Å². The number of aliphatic hydroxyl groups is 1. The molecule has 0 amide bonds. The Kier molecular flexibility index (Phi) is 6.45. The fourth-order valence-corrected chi connectivity index (χ4v) is 1.71. The van der Waals surface area contributed by atoms with E-state index in [1.165, 1.54) is 19.3 Å². The quantitative estimate of drug-likeness (QED) is 0.653. The van der Waals surface area contributed by atoms with Crippen LogP contribution in [0.3, 0.4) is 0 Å². The van der Waals surface area contributed by atoms with Crippen molar-refractivity contribution in [3.63, 3.8) is 0 Å². The van der Waals surface area contributed by atoms with Crippen LogP contribution < -0.4 is 0 Å². The molecule has 0 radical (unpaired) electrons. The molecule has 1 heteroatoms. The Labute approximate surface area is 77.2 Å². The normalized spacial score (nSPS) is 18.8. The largest absolute Gasteiger partial charge is 0.396 e. The Morgan fingerprint density at radius 1 is 0.917 bits per heavy atom. The maximum atomic E-state index is 8.87. The number of rotatable bonds is 6. The van der Waals surface area contributed by atoms with Gasteiger partial charge in [-0.1, -0.05) is 34.1 Å². The van der Waals surface area contributed by atoms with E-state index in [0.717, 1.165) is 11.8 Å². The molecule has 0 spiro atoms. The van der Waals surface area contributed by atoms with Gasteiger partial charge in [0.25, 0.3) is 0 Å². The Balaban J connectivity index is 3.51. The Morgan fingerprint density at radius 2 is 1.42 bits per heavy atom. The van der Waals surface area contributed by atoms with Gasteiger partial charge in [0.2, 0.25) is 0 Å². The van der Waals surface area contributed by atoms with Gasteiger partial charge < -0.3 is 5.11 Å². The van der Waals surface area contributed by atoms with Gasteiger partial charge in [-0.05, 0) is 30.6 Å². The molecule has 12 heavy (non-hydrogen) atoms. The average Bonchev–Trinajstić information content (AvgIpc) is 2.03. The summed E-state index contributed by atoms with van der Waals surface area (Å²) in [7, 11) is 0. The van der Waals surface area contributed by atoms with Crippen LogP contribution in [-0.2, 0) is 0 Å². The maximum Gasteiger partial charge on any atom is 0.0456 e. The molecule has 3 unspecified atom stereocenters. The molecule has 0 rings (SSSR count). The molecule has 0 aromatic carbocycles. The number of hydrogen-bond donors (Lipinski definition) is 1. The van der Waals surface area contributed by atoms with E-state index in [4.69, 9.17) is 5.11 Å². The predicted molar refractivity (Wildman–Crippen MR) is 54.1 cm³/mol. The van der Waals surface area contributed by atoms with E-state index in [2.05, 4.69) is 27.7 Å². The molecule has 0 fully saturated rings. The van der Waals surface area contributed by atoms with Gasteiger partial charge in [-0.3, -0.25) is 0 Å². The van der Waals surface area contributed by atoms with Crippen LogP contribution in [0.5, 0.6) is 0 Å². The molecule has 0 saturated carbocycles. The third-order valence-corrected chi connectivity index (χ3v) is 2.62. The molecule has 0 aliphatic carbocycles. The topological polar surface area (TPSA) is 20.2 Å². The maximum absolute atomic E-state index is 8.87. The van der Waals surface area contributed by atoms with Crippen molar-refractivity contribution in [3.05, 3.63) is 0 Å². The first-order valence-corrected chi connectivity index (χ1v) is 5.20. The van der Waals surface area contributed by atoms with Crippen LogP contribution in [0.25, 0.3) is 0 Å². The predicted octanol–water partition coefficient (Wildman–Crippen LogP) is 3.08. The van der Waals surface area contributed by atoms with E-state index >= 15 is 0 Å². The second-order valence-electron chi connectivity index (χ2n) is 4.38. The van der Waals surface area contributed by atoms with E-state index in [0.29, 0.717) is 12.5 Å². The first-order chi connectivity index (χ1) is 5.60. The fourth-order valence-electron chi connectivity index (χ4n) is 1.71. The van der Waals surface area contributed by atoms with Gasteiger partial charge in [0.05, 0.1) is 0 Å². The van der Waals surface area contributed by atoms with Gasteiger partial charge in [-0.2, -0.15) is 0 Å². The first-order valence-electron chi connectivity index (χ1n) is 5.20. The summed E-state index contributed by atoms with van der Waals surface area (Å²) in [5.74, 6) is 2.08. The zero-order chi connectivity index (χ0) is 9.56. The standard InChI is InChI=1S/C11H24O/c1-5-9(2)6-10(3)7-11(4)8-12/h9-12H,5-8H2,1-4H3. The lowest BCUT2D eigenvalue weighted by atomic mass is 9.89. The lowest BCUT2D eigenvalue weighted by Gasteiger charge is -2.18. The number of hydrogen-bond acceptors (Lipinski definition) is 1. The summed E-state index contributed by atoms with van der Waals surface area (Å²) in [4.78, 5) is 0. The molecule has 0 aliphatic rings. The summed E-state index contributed by atoms with van der Waals surface area (Å²) in [6.45, 7) is 9.29. The van der Waals surface area contributed by atoms with Crippen LogP contribution >= 0.6 is 0 Å². The van der Waals surface area contributed by atoms with Crippen molar-refractivity contribution in [2.24, 2.45) is 17.8 Å². The molecule has 0 aliphatic heterocycles. The fraction of sp³-hybridized carbons (Fsp3) is 1.00. The van der Waals surface area contributed by atoms with Crippen molar-refractivity contribution < 1.29 is 5.11 Å². The van der Waals surface area contributed by atoms with E-state index in [-0.39, 0.29) is 0 Å². The second-order valence-corrected chi connectivity index (χ2v) is 4.38. The lowest BCUT2D eigenvalue weighted by molar-refractivity contribution is 0.207. The highest BCUT2D eigenvalue weighted by Gasteiger charge is 2.10. The average molecular weight is 172 g/mol. The molecule has 0 aromatic rings. The SMILES string of the molecule is CCC(C)CC(C)CC(C)CO. The summed E-state index contributed by atoms with van der Waals surface area (Å²) in [6, 6.07) is 0. The summed E-state index contributed by atoms with van der Waals surface area (Å²) in [6.07, 6.45) is 3.75. The van der Waals surface area contributed by atoms with Gasteiger partial charge in [0.15, 0.2) is 0 Å². The highest BCUT2D eigenvalue weighted by molar-refractivity contribution is 4.61. The molecule has 0 aromatic heterocycles. The van der Waals surface area contributed by atoms with Gasteiger partial charge in [0, 0.05) is 6.61 Å².